The second-order valence-electron chi connectivity index (χ2n) is 7.01. The number of nitrogens with zero attached hydrogens (tertiary/aromatic N) is 1. The molecule has 0 spiro atoms. The predicted octanol–water partition coefficient (Wildman–Crippen LogP) is 2.66. The number of methoxy groups -OCH3 is 1. The van der Waals surface area contributed by atoms with Crippen molar-refractivity contribution in [3.63, 3.8) is 0 Å². The second-order valence-corrected chi connectivity index (χ2v) is 8.92. The van der Waals surface area contributed by atoms with Crippen molar-refractivity contribution in [3.8, 4) is 11.5 Å². The number of benzene rings is 2. The molecule has 0 saturated heterocycles. The molecule has 1 atom stereocenters. The molecular weight excluding hydrogens is 392 g/mol. The second kappa shape index (κ2) is 9.65. The Hall–Kier alpha value is -2.74. The van der Waals surface area contributed by atoms with Crippen molar-refractivity contribution in [1.29, 1.82) is 0 Å². The number of nitrogens with one attached hydrogen (secondary N) is 1. The van der Waals surface area contributed by atoms with E-state index in [1.165, 1.54) is 0 Å². The molecule has 0 aliphatic heterocycles. The van der Waals surface area contributed by atoms with Gasteiger partial charge in [-0.05, 0) is 56.7 Å². The molecule has 29 heavy (non-hydrogen) atoms. The summed E-state index contributed by atoms with van der Waals surface area (Å²) in [6, 6.07) is 12.2. The van der Waals surface area contributed by atoms with Gasteiger partial charge in [0.05, 0.1) is 25.1 Å². The maximum atomic E-state index is 12.5. The number of hydrogen-bond acceptors (Lipinski definition) is 5. The Morgan fingerprint density at radius 3 is 2.28 bits per heavy atom. The van der Waals surface area contributed by atoms with Crippen LogP contribution in [0.25, 0.3) is 0 Å². The number of sulfonamides is 1. The van der Waals surface area contributed by atoms with Gasteiger partial charge < -0.3 is 14.8 Å². The predicted molar refractivity (Wildman–Crippen MR) is 114 cm³/mol. The van der Waals surface area contributed by atoms with Gasteiger partial charge in [-0.25, -0.2) is 8.42 Å². The van der Waals surface area contributed by atoms with Gasteiger partial charge in [-0.1, -0.05) is 17.7 Å². The third-order valence-electron chi connectivity index (χ3n) is 4.28. The Kier molecular flexibility index (Phi) is 7.50. The summed E-state index contributed by atoms with van der Waals surface area (Å²) in [5.74, 6) is 0.979. The first-order valence-electron chi connectivity index (χ1n) is 9.21. The molecule has 0 fully saturated rings. The maximum absolute atomic E-state index is 12.5. The van der Waals surface area contributed by atoms with Gasteiger partial charge in [-0.3, -0.25) is 9.10 Å². The Morgan fingerprint density at radius 1 is 1.10 bits per heavy atom. The number of ether oxygens (including phenoxy) is 2. The Morgan fingerprint density at radius 2 is 1.72 bits per heavy atom. The molecule has 0 bridgehead atoms. The van der Waals surface area contributed by atoms with Crippen LogP contribution in [0.4, 0.5) is 5.69 Å². The van der Waals surface area contributed by atoms with Crippen LogP contribution in [0.15, 0.2) is 42.5 Å². The van der Waals surface area contributed by atoms with E-state index in [0.29, 0.717) is 11.4 Å². The summed E-state index contributed by atoms with van der Waals surface area (Å²) < 4.78 is 36.4. The molecular formula is C21H28N2O5S. The van der Waals surface area contributed by atoms with E-state index in [-0.39, 0.29) is 19.2 Å². The monoisotopic (exact) mass is 420 g/mol. The van der Waals surface area contributed by atoms with Crippen LogP contribution in [-0.4, -0.2) is 46.9 Å². The fourth-order valence-electron chi connectivity index (χ4n) is 2.85. The highest BCUT2D eigenvalue weighted by atomic mass is 32.2. The molecule has 0 aliphatic rings. The minimum atomic E-state index is -3.62. The topological polar surface area (TPSA) is 84.9 Å². The summed E-state index contributed by atoms with van der Waals surface area (Å²) in [4.78, 5) is 12.5. The number of rotatable bonds is 9. The van der Waals surface area contributed by atoms with Crippen LogP contribution in [0.5, 0.6) is 11.5 Å². The molecule has 7 nitrogen and oxygen atoms in total. The smallest absolute Gasteiger partial charge is 0.241 e. The zero-order chi connectivity index (χ0) is 21.6. The van der Waals surface area contributed by atoms with E-state index in [0.717, 1.165) is 27.4 Å². The van der Waals surface area contributed by atoms with E-state index < -0.39 is 15.9 Å². The molecule has 8 heteroatoms. The van der Waals surface area contributed by atoms with Crippen molar-refractivity contribution in [3.05, 3.63) is 53.6 Å². The third kappa shape index (κ3) is 6.67. The molecule has 0 heterocycles. The Labute approximate surface area is 172 Å². The Balaban J connectivity index is 1.98. The van der Waals surface area contributed by atoms with Gasteiger partial charge in [0, 0.05) is 0 Å². The molecule has 0 unspecified atom stereocenters. The van der Waals surface area contributed by atoms with Gasteiger partial charge in [0.25, 0.3) is 0 Å². The van der Waals surface area contributed by atoms with Gasteiger partial charge in [-0.15, -0.1) is 0 Å². The summed E-state index contributed by atoms with van der Waals surface area (Å²) in [6.45, 7) is 5.50. The third-order valence-corrected chi connectivity index (χ3v) is 5.40. The molecule has 0 saturated carbocycles. The number of carbonyl (C=O) groups is 1. The first-order valence-corrected chi connectivity index (χ1v) is 11.1. The van der Waals surface area contributed by atoms with Gasteiger partial charge in [0.15, 0.2) is 0 Å². The molecule has 1 amide bonds. The van der Waals surface area contributed by atoms with Crippen LogP contribution in [0.1, 0.15) is 18.1 Å². The molecule has 1 N–H and O–H groups in total. The highest BCUT2D eigenvalue weighted by Crippen LogP contribution is 2.23. The van der Waals surface area contributed by atoms with Crippen molar-refractivity contribution in [2.75, 3.05) is 30.8 Å². The summed E-state index contributed by atoms with van der Waals surface area (Å²) in [6.07, 6.45) is 1.09. The van der Waals surface area contributed by atoms with Gasteiger partial charge in [-0.2, -0.15) is 0 Å². The van der Waals surface area contributed by atoms with E-state index in [1.54, 1.807) is 44.4 Å². The summed E-state index contributed by atoms with van der Waals surface area (Å²) in [7, 11) is -2.03. The van der Waals surface area contributed by atoms with Crippen molar-refractivity contribution in [1.82, 2.24) is 5.32 Å². The number of carbonyl (C=O) groups excluding carboxylic acids is 1. The van der Waals surface area contributed by atoms with Crippen LogP contribution in [0, 0.1) is 13.8 Å². The van der Waals surface area contributed by atoms with E-state index in [2.05, 4.69) is 5.32 Å². The Bertz CT molecular complexity index is 942. The largest absolute Gasteiger partial charge is 0.497 e. The quantitative estimate of drug-likeness (QED) is 0.674. The van der Waals surface area contributed by atoms with Crippen LogP contribution in [-0.2, 0) is 14.8 Å². The van der Waals surface area contributed by atoms with Gasteiger partial charge in [0.1, 0.15) is 24.7 Å². The zero-order valence-electron chi connectivity index (χ0n) is 17.4. The van der Waals surface area contributed by atoms with Crippen molar-refractivity contribution < 1.29 is 22.7 Å². The summed E-state index contributed by atoms with van der Waals surface area (Å²) in [5, 5.41) is 2.78. The van der Waals surface area contributed by atoms with Crippen molar-refractivity contribution in [2.45, 2.75) is 26.8 Å². The van der Waals surface area contributed by atoms with Gasteiger partial charge in [0.2, 0.25) is 15.9 Å². The number of anilines is 1. The number of aryl methyl sites for hydroxylation is 2. The van der Waals surface area contributed by atoms with E-state index in [9.17, 15) is 13.2 Å². The molecule has 2 rings (SSSR count). The normalized spacial score (nSPS) is 12.2. The first-order chi connectivity index (χ1) is 13.6. The summed E-state index contributed by atoms with van der Waals surface area (Å²) in [5.41, 5.74) is 2.31. The summed E-state index contributed by atoms with van der Waals surface area (Å²) >= 11 is 0. The lowest BCUT2D eigenvalue weighted by molar-refractivity contribution is -0.120. The average molecular weight is 421 g/mol. The SMILES string of the molecule is COc1ccc(OC[C@@H](C)NC(=O)CN(c2ccc(C)cc2C)S(C)(=O)=O)cc1. The number of hydrogen-bond donors (Lipinski definition) is 1. The average Bonchev–Trinajstić information content (AvgIpc) is 2.64. The van der Waals surface area contributed by atoms with Gasteiger partial charge >= 0.3 is 0 Å². The molecule has 158 valence electrons. The van der Waals surface area contributed by atoms with Crippen LogP contribution in [0.3, 0.4) is 0 Å². The minimum Gasteiger partial charge on any atom is -0.497 e. The molecule has 0 radical (unpaired) electrons. The standard InChI is InChI=1S/C21H28N2O5S/c1-15-6-11-20(16(2)12-15)23(29(5,25)26)13-21(24)22-17(3)14-28-19-9-7-18(27-4)8-10-19/h6-12,17H,13-14H2,1-5H3,(H,22,24)/t17-/m1/s1. The molecule has 0 aliphatic carbocycles. The van der Waals surface area contributed by atoms with Crippen LogP contribution in [0.2, 0.25) is 0 Å². The van der Waals surface area contributed by atoms with E-state index in [4.69, 9.17) is 9.47 Å². The fraction of sp³-hybridized carbons (Fsp3) is 0.381. The van der Waals surface area contributed by atoms with E-state index >= 15 is 0 Å². The molecule has 2 aromatic rings. The number of amides is 1. The van der Waals surface area contributed by atoms with Crippen LogP contribution < -0.4 is 19.1 Å². The van der Waals surface area contributed by atoms with E-state index in [1.807, 2.05) is 26.0 Å². The lowest BCUT2D eigenvalue weighted by Crippen LogP contribution is -2.45. The highest BCUT2D eigenvalue weighted by molar-refractivity contribution is 7.92. The lowest BCUT2D eigenvalue weighted by Gasteiger charge is -2.25. The van der Waals surface area contributed by atoms with Crippen molar-refractivity contribution in [2.24, 2.45) is 0 Å². The molecule has 0 aromatic heterocycles. The lowest BCUT2D eigenvalue weighted by atomic mass is 10.1. The zero-order valence-corrected chi connectivity index (χ0v) is 18.2. The molecule has 2 aromatic carbocycles. The first kappa shape index (κ1) is 22.5. The maximum Gasteiger partial charge on any atom is 0.241 e. The van der Waals surface area contributed by atoms with Crippen molar-refractivity contribution >= 4 is 21.6 Å². The highest BCUT2D eigenvalue weighted by Gasteiger charge is 2.23. The minimum absolute atomic E-state index is 0.250. The van der Waals surface area contributed by atoms with Crippen LogP contribution >= 0.6 is 0 Å². The fourth-order valence-corrected chi connectivity index (χ4v) is 3.77.